The van der Waals surface area contributed by atoms with E-state index in [1.807, 2.05) is 56.3 Å². The van der Waals surface area contributed by atoms with E-state index in [0.29, 0.717) is 5.69 Å². The number of benzene rings is 2. The molecule has 0 atom stereocenters. The van der Waals surface area contributed by atoms with Crippen molar-refractivity contribution in [2.45, 2.75) is 13.8 Å². The Balaban J connectivity index is 1.61. The monoisotopic (exact) mass is 322 g/mol. The van der Waals surface area contributed by atoms with Gasteiger partial charge in [-0.25, -0.2) is 4.79 Å². The van der Waals surface area contributed by atoms with E-state index in [4.69, 9.17) is 4.74 Å². The number of carbonyl (C=O) groups is 2. The maximum atomic E-state index is 12.1. The molecule has 0 radical (unpaired) electrons. The third kappa shape index (κ3) is 3.30. The number of para-hydroxylation sites is 1. The van der Waals surface area contributed by atoms with Gasteiger partial charge in [-0.05, 0) is 43.2 Å². The van der Waals surface area contributed by atoms with E-state index in [-0.39, 0.29) is 12.5 Å². The third-order valence-corrected chi connectivity index (χ3v) is 3.96. The summed E-state index contributed by atoms with van der Waals surface area (Å²) in [4.78, 5) is 27.0. The number of hydrogen-bond acceptors (Lipinski definition) is 3. The third-order valence-electron chi connectivity index (χ3n) is 3.96. The molecule has 3 rings (SSSR count). The number of aromatic amines is 1. The van der Waals surface area contributed by atoms with Crippen LogP contribution in [0.3, 0.4) is 0 Å². The van der Waals surface area contributed by atoms with Crippen LogP contribution in [0, 0.1) is 13.8 Å². The molecule has 5 nitrogen and oxygen atoms in total. The summed E-state index contributed by atoms with van der Waals surface area (Å²) in [7, 11) is 0. The van der Waals surface area contributed by atoms with Crippen LogP contribution in [-0.4, -0.2) is 23.5 Å². The largest absolute Gasteiger partial charge is 0.451 e. The lowest BCUT2D eigenvalue weighted by atomic mass is 10.1. The average Bonchev–Trinajstić information content (AvgIpc) is 3.01. The van der Waals surface area contributed by atoms with Gasteiger partial charge in [-0.3, -0.25) is 4.79 Å². The summed E-state index contributed by atoms with van der Waals surface area (Å²) in [5, 5.41) is 3.68. The van der Waals surface area contributed by atoms with E-state index < -0.39 is 5.97 Å². The van der Waals surface area contributed by atoms with Crippen LogP contribution < -0.4 is 5.32 Å². The predicted molar refractivity (Wildman–Crippen MR) is 93.1 cm³/mol. The van der Waals surface area contributed by atoms with Crippen LogP contribution in [0.25, 0.3) is 10.9 Å². The van der Waals surface area contributed by atoms with Crippen molar-refractivity contribution in [2.24, 2.45) is 0 Å². The van der Waals surface area contributed by atoms with Gasteiger partial charge in [0.15, 0.2) is 6.61 Å². The fourth-order valence-electron chi connectivity index (χ4n) is 2.46. The van der Waals surface area contributed by atoms with E-state index in [1.165, 1.54) is 0 Å². The first-order valence-electron chi connectivity index (χ1n) is 7.65. The summed E-state index contributed by atoms with van der Waals surface area (Å²) in [5.41, 5.74) is 3.98. The van der Waals surface area contributed by atoms with Crippen molar-refractivity contribution in [3.63, 3.8) is 0 Å². The molecule has 2 aromatic carbocycles. The summed E-state index contributed by atoms with van der Waals surface area (Å²) >= 11 is 0. The number of aryl methyl sites for hydroxylation is 1. The summed E-state index contributed by atoms with van der Waals surface area (Å²) < 4.78 is 5.08. The molecular formula is C19H18N2O3. The quantitative estimate of drug-likeness (QED) is 0.721. The Hall–Kier alpha value is -3.08. The molecule has 24 heavy (non-hydrogen) atoms. The highest BCUT2D eigenvalue weighted by molar-refractivity contribution is 5.97. The minimum absolute atomic E-state index is 0.329. The summed E-state index contributed by atoms with van der Waals surface area (Å²) in [6.45, 7) is 3.57. The van der Waals surface area contributed by atoms with Crippen molar-refractivity contribution in [1.82, 2.24) is 4.98 Å². The predicted octanol–water partition coefficient (Wildman–Crippen LogP) is 3.58. The standard InChI is InChI=1S/C19H18N2O3/c1-12-6-5-9-15(13(12)2)21-18(22)11-24-19(23)17-10-14-7-3-4-8-16(14)20-17/h3-10,20H,11H2,1-2H3,(H,21,22). The molecule has 3 aromatic rings. The number of hydrogen-bond donors (Lipinski definition) is 2. The van der Waals surface area contributed by atoms with Gasteiger partial charge >= 0.3 is 5.97 Å². The van der Waals surface area contributed by atoms with Gasteiger partial charge < -0.3 is 15.0 Å². The van der Waals surface area contributed by atoms with E-state index in [1.54, 1.807) is 6.07 Å². The normalized spacial score (nSPS) is 10.6. The van der Waals surface area contributed by atoms with Gasteiger partial charge in [0.25, 0.3) is 5.91 Å². The molecule has 0 aliphatic carbocycles. The van der Waals surface area contributed by atoms with Crippen molar-refractivity contribution < 1.29 is 14.3 Å². The molecule has 1 amide bonds. The molecule has 0 fully saturated rings. The zero-order valence-corrected chi connectivity index (χ0v) is 13.6. The number of aromatic nitrogens is 1. The molecule has 0 saturated carbocycles. The van der Waals surface area contributed by atoms with Crippen molar-refractivity contribution in [1.29, 1.82) is 0 Å². The average molecular weight is 322 g/mol. The van der Waals surface area contributed by atoms with Gasteiger partial charge in [-0.2, -0.15) is 0 Å². The van der Waals surface area contributed by atoms with Crippen molar-refractivity contribution in [3.05, 3.63) is 65.4 Å². The molecule has 0 bridgehead atoms. The van der Waals surface area contributed by atoms with Gasteiger partial charge in [0.2, 0.25) is 0 Å². The summed E-state index contributed by atoms with van der Waals surface area (Å²) in [5.74, 6) is -0.921. The highest BCUT2D eigenvalue weighted by atomic mass is 16.5. The second-order valence-corrected chi connectivity index (χ2v) is 5.64. The zero-order chi connectivity index (χ0) is 17.1. The number of anilines is 1. The van der Waals surface area contributed by atoms with Gasteiger partial charge in [-0.1, -0.05) is 30.3 Å². The maximum absolute atomic E-state index is 12.1. The van der Waals surface area contributed by atoms with Crippen molar-refractivity contribution in [3.8, 4) is 0 Å². The number of esters is 1. The first-order chi connectivity index (χ1) is 11.5. The molecule has 1 heterocycles. The number of H-pyrrole nitrogens is 1. The SMILES string of the molecule is Cc1cccc(NC(=O)COC(=O)c2cc3ccccc3[nH]2)c1C. The number of ether oxygens (including phenoxy) is 1. The van der Waals surface area contributed by atoms with Crippen LogP contribution in [-0.2, 0) is 9.53 Å². The molecule has 122 valence electrons. The molecule has 0 aliphatic heterocycles. The molecule has 1 aromatic heterocycles. The lowest BCUT2D eigenvalue weighted by Crippen LogP contribution is -2.21. The lowest BCUT2D eigenvalue weighted by Gasteiger charge is -2.10. The second-order valence-electron chi connectivity index (χ2n) is 5.64. The lowest BCUT2D eigenvalue weighted by molar-refractivity contribution is -0.119. The fourth-order valence-corrected chi connectivity index (χ4v) is 2.46. The molecule has 0 spiro atoms. The fraction of sp³-hybridized carbons (Fsp3) is 0.158. The van der Waals surface area contributed by atoms with Gasteiger partial charge in [0.05, 0.1) is 0 Å². The first-order valence-corrected chi connectivity index (χ1v) is 7.65. The minimum Gasteiger partial charge on any atom is -0.451 e. The van der Waals surface area contributed by atoms with Crippen LogP contribution in [0.15, 0.2) is 48.5 Å². The van der Waals surface area contributed by atoms with Crippen LogP contribution in [0.5, 0.6) is 0 Å². The highest BCUT2D eigenvalue weighted by Gasteiger charge is 2.13. The Labute approximate surface area is 139 Å². The maximum Gasteiger partial charge on any atom is 0.355 e. The number of carbonyl (C=O) groups excluding carboxylic acids is 2. The molecule has 0 aliphatic rings. The van der Waals surface area contributed by atoms with E-state index in [0.717, 1.165) is 27.7 Å². The van der Waals surface area contributed by atoms with E-state index in [9.17, 15) is 9.59 Å². The van der Waals surface area contributed by atoms with Crippen molar-refractivity contribution >= 4 is 28.5 Å². The Bertz CT molecular complexity index is 879. The van der Waals surface area contributed by atoms with Crippen LogP contribution in [0.2, 0.25) is 0 Å². The highest BCUT2D eigenvalue weighted by Crippen LogP contribution is 2.18. The van der Waals surface area contributed by atoms with E-state index >= 15 is 0 Å². The minimum atomic E-state index is -0.553. The van der Waals surface area contributed by atoms with Crippen LogP contribution in [0.4, 0.5) is 5.69 Å². The summed E-state index contributed by atoms with van der Waals surface area (Å²) in [6.07, 6.45) is 0. The van der Waals surface area contributed by atoms with Gasteiger partial charge in [0, 0.05) is 16.6 Å². The number of nitrogens with one attached hydrogen (secondary N) is 2. The van der Waals surface area contributed by atoms with Crippen molar-refractivity contribution in [2.75, 3.05) is 11.9 Å². The number of amides is 1. The number of rotatable bonds is 4. The van der Waals surface area contributed by atoms with E-state index in [2.05, 4.69) is 10.3 Å². The zero-order valence-electron chi connectivity index (χ0n) is 13.6. The van der Waals surface area contributed by atoms with Gasteiger partial charge in [0.1, 0.15) is 5.69 Å². The molecule has 0 saturated heterocycles. The smallest absolute Gasteiger partial charge is 0.355 e. The van der Waals surface area contributed by atoms with Gasteiger partial charge in [-0.15, -0.1) is 0 Å². The molecule has 5 heteroatoms. The first kappa shape index (κ1) is 15.8. The molecular weight excluding hydrogens is 304 g/mol. The Morgan fingerprint density at radius 2 is 1.88 bits per heavy atom. The Morgan fingerprint density at radius 1 is 1.08 bits per heavy atom. The molecule has 0 unspecified atom stereocenters. The Morgan fingerprint density at radius 3 is 2.67 bits per heavy atom. The van der Waals surface area contributed by atoms with Crippen LogP contribution in [0.1, 0.15) is 21.6 Å². The molecule has 2 N–H and O–H groups in total. The van der Waals surface area contributed by atoms with Crippen LogP contribution >= 0.6 is 0 Å². The topological polar surface area (TPSA) is 71.2 Å². The number of fused-ring (bicyclic) bond motifs is 1. The Kier molecular flexibility index (Phi) is 4.33. The second kappa shape index (κ2) is 6.58. The summed E-state index contributed by atoms with van der Waals surface area (Å²) in [6, 6.07) is 14.9.